The number of hydrogen-bond acceptors (Lipinski definition) is 8. The Hall–Kier alpha value is -3.20. The largest absolute Gasteiger partial charge is 0.493 e. The molecule has 1 aliphatic carbocycles. The summed E-state index contributed by atoms with van der Waals surface area (Å²) in [6.45, 7) is 0.0610. The molecule has 32 heavy (non-hydrogen) atoms. The Labute approximate surface area is 189 Å². The van der Waals surface area contributed by atoms with Crippen LogP contribution >= 0.6 is 11.3 Å². The van der Waals surface area contributed by atoms with E-state index in [9.17, 15) is 14.4 Å². The van der Waals surface area contributed by atoms with E-state index in [0.717, 1.165) is 10.6 Å². The smallest absolute Gasteiger partial charge is 0.307 e. The topological polar surface area (TPSA) is 95.0 Å². The van der Waals surface area contributed by atoms with E-state index in [0.29, 0.717) is 30.0 Å². The van der Waals surface area contributed by atoms with Gasteiger partial charge in [-0.25, -0.2) is 4.98 Å². The molecule has 1 aliphatic heterocycles. The number of amides is 2. The van der Waals surface area contributed by atoms with Crippen LogP contribution in [0.25, 0.3) is 10.6 Å². The van der Waals surface area contributed by atoms with Crippen LogP contribution in [0.15, 0.2) is 35.7 Å². The number of carbonyl (C=O) groups excluding carboxylic acids is 3. The van der Waals surface area contributed by atoms with Crippen LogP contribution in [0, 0.1) is 11.8 Å². The molecule has 0 radical (unpaired) electrons. The molecule has 0 spiro atoms. The Kier molecular flexibility index (Phi) is 6.55. The number of methoxy groups -OCH3 is 2. The third-order valence-electron chi connectivity index (χ3n) is 5.70. The number of imide groups is 1. The number of carbonyl (C=O) groups is 3. The molecular formula is C23H24N2O6S. The molecule has 0 N–H and O–H groups in total. The van der Waals surface area contributed by atoms with Gasteiger partial charge < -0.3 is 14.2 Å². The normalized spacial score (nSPS) is 19.8. The summed E-state index contributed by atoms with van der Waals surface area (Å²) in [5.74, 6) is -0.233. The fraction of sp³-hybridized carbons (Fsp3) is 0.391. The summed E-state index contributed by atoms with van der Waals surface area (Å²) in [6, 6.07) is 5.54. The molecule has 9 heteroatoms. The first-order valence-electron chi connectivity index (χ1n) is 10.3. The molecule has 168 valence electrons. The predicted octanol–water partition coefficient (Wildman–Crippen LogP) is 3.21. The van der Waals surface area contributed by atoms with Crippen LogP contribution in [-0.4, -0.2) is 48.4 Å². The van der Waals surface area contributed by atoms with Crippen LogP contribution in [0.4, 0.5) is 0 Å². The Morgan fingerprint density at radius 2 is 1.84 bits per heavy atom. The molecule has 0 unspecified atom stereocenters. The number of rotatable bonds is 8. The zero-order chi connectivity index (χ0) is 22.7. The van der Waals surface area contributed by atoms with Crippen LogP contribution in [0.1, 0.15) is 25.0 Å². The third-order valence-corrected chi connectivity index (χ3v) is 6.63. The third kappa shape index (κ3) is 4.25. The molecule has 2 amide bonds. The number of nitrogens with zero attached hydrogens (tertiary/aromatic N) is 2. The standard InChI is InChI=1S/C23H24N2O6S/c1-29-18-9-5-8-17(20(18)30-2)21-24-14(13-32-21)12-31-19(26)10-11-25-22(27)15-6-3-4-7-16(15)23(25)28/h3-5,8-9,13,15-16H,6-7,10-12H2,1-2H3/t15-,16-/m0/s1. The highest BCUT2D eigenvalue weighted by atomic mass is 32.1. The lowest BCUT2D eigenvalue weighted by atomic mass is 9.85. The van der Waals surface area contributed by atoms with E-state index >= 15 is 0 Å². The van der Waals surface area contributed by atoms with Gasteiger partial charge in [0.15, 0.2) is 11.5 Å². The molecule has 0 bridgehead atoms. The van der Waals surface area contributed by atoms with Gasteiger partial charge in [0.2, 0.25) is 11.8 Å². The number of likely N-dealkylation sites (tertiary alicyclic amines) is 1. The summed E-state index contributed by atoms with van der Waals surface area (Å²) in [6.07, 6.45) is 5.01. The Morgan fingerprint density at radius 1 is 1.12 bits per heavy atom. The van der Waals surface area contributed by atoms with Gasteiger partial charge >= 0.3 is 5.97 Å². The molecule has 2 aromatic rings. The van der Waals surface area contributed by atoms with E-state index in [1.807, 2.05) is 29.7 Å². The number of allylic oxidation sites excluding steroid dienone is 2. The molecule has 8 nitrogen and oxygen atoms in total. The maximum atomic E-state index is 12.5. The number of fused-ring (bicyclic) bond motifs is 1. The molecule has 1 aromatic carbocycles. The molecule has 1 saturated heterocycles. The summed E-state index contributed by atoms with van der Waals surface area (Å²) in [5, 5.41) is 2.53. The monoisotopic (exact) mass is 456 g/mol. The first-order valence-corrected chi connectivity index (χ1v) is 11.2. The van der Waals surface area contributed by atoms with Crippen molar-refractivity contribution in [1.29, 1.82) is 0 Å². The fourth-order valence-corrected chi connectivity index (χ4v) is 4.90. The lowest BCUT2D eigenvalue weighted by molar-refractivity contribution is -0.146. The Morgan fingerprint density at radius 3 is 2.50 bits per heavy atom. The molecule has 1 fully saturated rings. The van der Waals surface area contributed by atoms with E-state index in [1.54, 1.807) is 20.3 Å². The van der Waals surface area contributed by atoms with Gasteiger partial charge in [0.05, 0.1) is 43.7 Å². The maximum absolute atomic E-state index is 12.5. The van der Waals surface area contributed by atoms with Crippen molar-refractivity contribution in [1.82, 2.24) is 9.88 Å². The zero-order valence-corrected chi connectivity index (χ0v) is 18.7. The van der Waals surface area contributed by atoms with Crippen LogP contribution in [0.2, 0.25) is 0 Å². The number of ether oxygens (including phenoxy) is 3. The second kappa shape index (κ2) is 9.52. The van der Waals surface area contributed by atoms with Crippen LogP contribution < -0.4 is 9.47 Å². The van der Waals surface area contributed by atoms with Gasteiger partial charge in [-0.15, -0.1) is 11.3 Å². The number of esters is 1. The van der Waals surface area contributed by atoms with Gasteiger partial charge in [-0.3, -0.25) is 19.3 Å². The van der Waals surface area contributed by atoms with E-state index < -0.39 is 5.97 Å². The van der Waals surface area contributed by atoms with Gasteiger partial charge in [-0.1, -0.05) is 18.2 Å². The molecule has 4 rings (SSSR count). The summed E-state index contributed by atoms with van der Waals surface area (Å²) in [7, 11) is 3.14. The van der Waals surface area contributed by atoms with E-state index in [2.05, 4.69) is 4.98 Å². The summed E-state index contributed by atoms with van der Waals surface area (Å²) < 4.78 is 16.1. The minimum atomic E-state index is -0.480. The zero-order valence-electron chi connectivity index (χ0n) is 17.9. The van der Waals surface area contributed by atoms with Gasteiger partial charge in [0.1, 0.15) is 11.6 Å². The van der Waals surface area contributed by atoms with Gasteiger partial charge in [0.25, 0.3) is 0 Å². The van der Waals surface area contributed by atoms with Gasteiger partial charge in [-0.05, 0) is 25.0 Å². The summed E-state index contributed by atoms with van der Waals surface area (Å²) >= 11 is 1.41. The molecule has 0 saturated carbocycles. The van der Waals surface area contributed by atoms with Crippen molar-refractivity contribution < 1.29 is 28.6 Å². The van der Waals surface area contributed by atoms with E-state index in [-0.39, 0.29) is 43.2 Å². The van der Waals surface area contributed by atoms with Crippen molar-refractivity contribution >= 4 is 29.1 Å². The number of benzene rings is 1. The number of aromatic nitrogens is 1. The maximum Gasteiger partial charge on any atom is 0.307 e. The fourth-order valence-electron chi connectivity index (χ4n) is 4.07. The minimum absolute atomic E-state index is 0.0126. The minimum Gasteiger partial charge on any atom is -0.493 e. The van der Waals surface area contributed by atoms with Crippen LogP contribution in [-0.2, 0) is 25.7 Å². The first kappa shape index (κ1) is 22.0. The summed E-state index contributed by atoms with van der Waals surface area (Å²) in [4.78, 5) is 42.9. The van der Waals surface area contributed by atoms with E-state index in [1.165, 1.54) is 16.2 Å². The quantitative estimate of drug-likeness (QED) is 0.342. The average Bonchev–Trinajstić information content (AvgIpc) is 3.39. The van der Waals surface area contributed by atoms with Crippen molar-refractivity contribution in [3.63, 3.8) is 0 Å². The highest BCUT2D eigenvalue weighted by Crippen LogP contribution is 2.39. The second-order valence-electron chi connectivity index (χ2n) is 7.58. The van der Waals surface area contributed by atoms with Crippen molar-refractivity contribution in [2.75, 3.05) is 20.8 Å². The molecule has 1 aromatic heterocycles. The van der Waals surface area contributed by atoms with Crippen molar-refractivity contribution in [3.05, 3.63) is 41.4 Å². The first-order chi connectivity index (χ1) is 15.5. The average molecular weight is 457 g/mol. The van der Waals surface area contributed by atoms with Crippen molar-refractivity contribution in [3.8, 4) is 22.1 Å². The van der Waals surface area contributed by atoms with Gasteiger partial charge in [-0.2, -0.15) is 0 Å². The highest BCUT2D eigenvalue weighted by molar-refractivity contribution is 7.13. The summed E-state index contributed by atoms with van der Waals surface area (Å²) in [5.41, 5.74) is 1.39. The Bertz CT molecular complexity index is 1040. The number of hydrogen-bond donors (Lipinski definition) is 0. The molecular weight excluding hydrogens is 432 g/mol. The highest BCUT2D eigenvalue weighted by Gasteiger charge is 2.46. The van der Waals surface area contributed by atoms with Crippen molar-refractivity contribution in [2.45, 2.75) is 25.9 Å². The number of thiazole rings is 1. The number of para-hydroxylation sites is 1. The lowest BCUT2D eigenvalue weighted by Crippen LogP contribution is -2.33. The predicted molar refractivity (Wildman–Crippen MR) is 117 cm³/mol. The molecule has 2 atom stereocenters. The second-order valence-corrected chi connectivity index (χ2v) is 8.44. The van der Waals surface area contributed by atoms with Crippen LogP contribution in [0.3, 0.4) is 0 Å². The van der Waals surface area contributed by atoms with Crippen LogP contribution in [0.5, 0.6) is 11.5 Å². The lowest BCUT2D eigenvalue weighted by Gasteiger charge is -2.14. The van der Waals surface area contributed by atoms with E-state index in [4.69, 9.17) is 14.2 Å². The van der Waals surface area contributed by atoms with Gasteiger partial charge in [0, 0.05) is 11.9 Å². The molecule has 2 heterocycles. The van der Waals surface area contributed by atoms with Crippen molar-refractivity contribution in [2.24, 2.45) is 11.8 Å². The Balaban J connectivity index is 1.32. The SMILES string of the molecule is COc1cccc(-c2nc(COC(=O)CCN3C(=O)[C@H]4CC=CC[C@@H]4C3=O)cs2)c1OC. The molecule has 2 aliphatic rings.